The highest BCUT2D eigenvalue weighted by Gasteiger charge is 2.20. The molecule has 0 saturated heterocycles. The quantitative estimate of drug-likeness (QED) is 0.852. The summed E-state index contributed by atoms with van der Waals surface area (Å²) in [7, 11) is 3.33. The fraction of sp³-hybridized carbons (Fsp3) is 0.375. The van der Waals surface area contributed by atoms with Crippen LogP contribution in [0.4, 0.5) is 0 Å². The van der Waals surface area contributed by atoms with E-state index in [0.29, 0.717) is 0 Å². The van der Waals surface area contributed by atoms with Crippen molar-refractivity contribution >= 4 is 22.9 Å². The average Bonchev–Trinajstić information content (AvgIpc) is 2.83. The maximum Gasteiger partial charge on any atom is 0.127 e. The maximum absolute atomic E-state index is 6.22. The Morgan fingerprint density at radius 2 is 2.00 bits per heavy atom. The number of benzene rings is 1. The molecule has 1 atom stereocenters. The molecule has 1 heterocycles. The number of ether oxygens (including phenoxy) is 2. The number of rotatable bonds is 6. The molecule has 1 aromatic carbocycles. The molecule has 1 aromatic heterocycles. The number of hydrogen-bond acceptors (Lipinski definition) is 4. The van der Waals surface area contributed by atoms with E-state index in [1.807, 2.05) is 25.1 Å². The van der Waals surface area contributed by atoms with E-state index in [4.69, 9.17) is 21.1 Å². The Hall–Kier alpha value is -1.23. The van der Waals surface area contributed by atoms with Crippen LogP contribution in [-0.2, 0) is 0 Å². The van der Waals surface area contributed by atoms with Gasteiger partial charge in [-0.3, -0.25) is 0 Å². The molecule has 21 heavy (non-hydrogen) atoms. The van der Waals surface area contributed by atoms with Crippen molar-refractivity contribution in [2.24, 2.45) is 0 Å². The number of halogens is 1. The molecule has 114 valence electrons. The third-order valence-corrected chi connectivity index (χ3v) is 4.94. The third-order valence-electron chi connectivity index (χ3n) is 3.32. The van der Waals surface area contributed by atoms with Crippen LogP contribution in [0.5, 0.6) is 11.5 Å². The molecule has 1 N–H and O–H groups in total. The maximum atomic E-state index is 6.22. The second-order valence-electron chi connectivity index (χ2n) is 4.70. The summed E-state index contributed by atoms with van der Waals surface area (Å²) in [4.78, 5) is 1.18. The van der Waals surface area contributed by atoms with Gasteiger partial charge < -0.3 is 14.8 Å². The van der Waals surface area contributed by atoms with Gasteiger partial charge in [0.25, 0.3) is 0 Å². The lowest BCUT2D eigenvalue weighted by molar-refractivity contribution is 0.388. The molecule has 0 radical (unpaired) electrons. The summed E-state index contributed by atoms with van der Waals surface area (Å²) in [5.41, 5.74) is 2.19. The Bertz CT molecular complexity index is 593. The van der Waals surface area contributed by atoms with Gasteiger partial charge in [-0.1, -0.05) is 18.5 Å². The van der Waals surface area contributed by atoms with Crippen LogP contribution in [0.2, 0.25) is 4.34 Å². The highest BCUT2D eigenvalue weighted by Crippen LogP contribution is 2.38. The second kappa shape index (κ2) is 7.16. The first-order valence-electron chi connectivity index (χ1n) is 6.81. The van der Waals surface area contributed by atoms with Crippen LogP contribution in [0.15, 0.2) is 24.3 Å². The number of thiophene rings is 1. The zero-order valence-electron chi connectivity index (χ0n) is 12.7. The summed E-state index contributed by atoms with van der Waals surface area (Å²) >= 11 is 7.82. The van der Waals surface area contributed by atoms with Gasteiger partial charge in [-0.2, -0.15) is 0 Å². The van der Waals surface area contributed by atoms with E-state index in [1.54, 1.807) is 25.6 Å². The first kappa shape index (κ1) is 16.1. The van der Waals surface area contributed by atoms with Crippen LogP contribution >= 0.6 is 22.9 Å². The van der Waals surface area contributed by atoms with Gasteiger partial charge in [-0.15, -0.1) is 11.3 Å². The van der Waals surface area contributed by atoms with Gasteiger partial charge in [0.1, 0.15) is 11.5 Å². The predicted octanol–water partition coefficient (Wildman–Crippen LogP) is 4.43. The standard InChI is InChI=1S/C16H20ClNO2S/c1-5-18-15(14-8-10(2)16(17)21-14)12-7-6-11(19-3)9-13(12)20-4/h6-9,15,18H,5H2,1-4H3. The fourth-order valence-electron chi connectivity index (χ4n) is 2.25. The second-order valence-corrected chi connectivity index (χ2v) is 6.39. The number of methoxy groups -OCH3 is 2. The SMILES string of the molecule is CCNC(c1cc(C)c(Cl)s1)c1ccc(OC)cc1OC. The lowest BCUT2D eigenvalue weighted by Crippen LogP contribution is -2.21. The molecule has 3 nitrogen and oxygen atoms in total. The Morgan fingerprint density at radius 3 is 2.52 bits per heavy atom. The van der Waals surface area contributed by atoms with Crippen LogP contribution < -0.4 is 14.8 Å². The first-order valence-corrected chi connectivity index (χ1v) is 8.01. The molecule has 0 aliphatic carbocycles. The molecule has 0 aliphatic heterocycles. The molecule has 0 bridgehead atoms. The van der Waals surface area contributed by atoms with Crippen LogP contribution in [0.1, 0.15) is 29.0 Å². The molecule has 0 saturated carbocycles. The Labute approximate surface area is 134 Å². The van der Waals surface area contributed by atoms with E-state index >= 15 is 0 Å². The van der Waals surface area contributed by atoms with Crippen LogP contribution in [0.3, 0.4) is 0 Å². The minimum Gasteiger partial charge on any atom is -0.497 e. The zero-order chi connectivity index (χ0) is 15.4. The monoisotopic (exact) mass is 325 g/mol. The van der Waals surface area contributed by atoms with Gasteiger partial charge in [-0.25, -0.2) is 0 Å². The summed E-state index contributed by atoms with van der Waals surface area (Å²) in [5.74, 6) is 1.59. The molecule has 2 rings (SSSR count). The van der Waals surface area contributed by atoms with Crippen LogP contribution in [0, 0.1) is 6.92 Å². The van der Waals surface area contributed by atoms with E-state index in [-0.39, 0.29) is 6.04 Å². The van der Waals surface area contributed by atoms with Crippen molar-refractivity contribution in [2.45, 2.75) is 19.9 Å². The van der Waals surface area contributed by atoms with E-state index in [9.17, 15) is 0 Å². The zero-order valence-corrected chi connectivity index (χ0v) is 14.3. The van der Waals surface area contributed by atoms with E-state index in [2.05, 4.69) is 18.3 Å². The van der Waals surface area contributed by atoms with Crippen molar-refractivity contribution in [3.05, 3.63) is 44.6 Å². The van der Waals surface area contributed by atoms with Crippen molar-refractivity contribution in [1.82, 2.24) is 5.32 Å². The molecule has 1 unspecified atom stereocenters. The molecule has 0 aliphatic rings. The van der Waals surface area contributed by atoms with Crippen molar-refractivity contribution in [1.29, 1.82) is 0 Å². The largest absolute Gasteiger partial charge is 0.497 e. The third kappa shape index (κ3) is 3.51. The first-order chi connectivity index (χ1) is 10.1. The predicted molar refractivity (Wildman–Crippen MR) is 89.1 cm³/mol. The topological polar surface area (TPSA) is 30.5 Å². The van der Waals surface area contributed by atoms with Gasteiger partial charge in [0.2, 0.25) is 0 Å². The average molecular weight is 326 g/mol. The summed E-state index contributed by atoms with van der Waals surface area (Å²) in [5, 5.41) is 3.50. The normalized spacial score (nSPS) is 12.2. The molecule has 0 amide bonds. The highest BCUT2D eigenvalue weighted by atomic mass is 35.5. The number of nitrogens with one attached hydrogen (secondary N) is 1. The molecule has 0 spiro atoms. The summed E-state index contributed by atoms with van der Waals surface area (Å²) in [6.07, 6.45) is 0. The van der Waals surface area contributed by atoms with Gasteiger partial charge in [0.05, 0.1) is 24.6 Å². The molecule has 0 fully saturated rings. The van der Waals surface area contributed by atoms with Gasteiger partial charge >= 0.3 is 0 Å². The lowest BCUT2D eigenvalue weighted by Gasteiger charge is -2.20. The Balaban J connectivity index is 2.47. The van der Waals surface area contributed by atoms with Gasteiger partial charge in [0, 0.05) is 16.5 Å². The van der Waals surface area contributed by atoms with Crippen molar-refractivity contribution in [3.8, 4) is 11.5 Å². The molecular formula is C16H20ClNO2S. The molecule has 5 heteroatoms. The Morgan fingerprint density at radius 1 is 1.24 bits per heavy atom. The van der Waals surface area contributed by atoms with E-state index < -0.39 is 0 Å². The van der Waals surface area contributed by atoms with Crippen LogP contribution in [0.25, 0.3) is 0 Å². The molecular weight excluding hydrogens is 306 g/mol. The molecule has 2 aromatic rings. The van der Waals surface area contributed by atoms with Crippen molar-refractivity contribution < 1.29 is 9.47 Å². The summed E-state index contributed by atoms with van der Waals surface area (Å²) in [6, 6.07) is 8.08. The van der Waals surface area contributed by atoms with E-state index in [1.165, 1.54) is 4.88 Å². The summed E-state index contributed by atoms with van der Waals surface area (Å²) < 4.78 is 11.6. The van der Waals surface area contributed by atoms with E-state index in [0.717, 1.165) is 33.5 Å². The minimum atomic E-state index is 0.0621. The van der Waals surface area contributed by atoms with Gasteiger partial charge in [0.15, 0.2) is 0 Å². The number of hydrogen-bond donors (Lipinski definition) is 1. The lowest BCUT2D eigenvalue weighted by atomic mass is 10.0. The highest BCUT2D eigenvalue weighted by molar-refractivity contribution is 7.16. The minimum absolute atomic E-state index is 0.0621. The fourth-order valence-corrected chi connectivity index (χ4v) is 3.56. The Kier molecular flexibility index (Phi) is 5.51. The van der Waals surface area contributed by atoms with Crippen LogP contribution in [-0.4, -0.2) is 20.8 Å². The number of aryl methyl sites for hydroxylation is 1. The summed E-state index contributed by atoms with van der Waals surface area (Å²) in [6.45, 7) is 4.97. The van der Waals surface area contributed by atoms with Crippen molar-refractivity contribution in [2.75, 3.05) is 20.8 Å². The smallest absolute Gasteiger partial charge is 0.127 e. The van der Waals surface area contributed by atoms with Crippen molar-refractivity contribution in [3.63, 3.8) is 0 Å². The van der Waals surface area contributed by atoms with Gasteiger partial charge in [-0.05, 0) is 37.2 Å².